The molecule has 0 aromatic heterocycles. The zero-order valence-corrected chi connectivity index (χ0v) is 13.3. The summed E-state index contributed by atoms with van der Waals surface area (Å²) in [7, 11) is 0. The van der Waals surface area contributed by atoms with E-state index in [1.165, 1.54) is 6.07 Å². The lowest BCUT2D eigenvalue weighted by molar-refractivity contribution is -0.384. The zero-order chi connectivity index (χ0) is 19.5. The quantitative estimate of drug-likeness (QED) is 0.437. The Morgan fingerprint density at radius 1 is 1.19 bits per heavy atom. The van der Waals surface area contributed by atoms with E-state index in [-0.39, 0.29) is 22.0 Å². The number of alkyl halides is 4. The fraction of sp³-hybridized carbons (Fsp3) is 0.133. The van der Waals surface area contributed by atoms with Gasteiger partial charge in [0.1, 0.15) is 5.75 Å². The highest BCUT2D eigenvalue weighted by molar-refractivity contribution is 6.34. The average Bonchev–Trinajstić information content (AvgIpc) is 2.56. The molecule has 138 valence electrons. The van der Waals surface area contributed by atoms with Gasteiger partial charge in [-0.3, -0.25) is 14.9 Å². The number of hydrogen-bond acceptors (Lipinski definition) is 4. The van der Waals surface area contributed by atoms with Crippen LogP contribution in [0.15, 0.2) is 42.5 Å². The molecule has 26 heavy (non-hydrogen) atoms. The van der Waals surface area contributed by atoms with Crippen molar-refractivity contribution in [3.63, 3.8) is 0 Å². The van der Waals surface area contributed by atoms with Crippen LogP contribution >= 0.6 is 11.6 Å². The molecular weight excluding hydrogens is 384 g/mol. The highest BCUT2D eigenvalue weighted by Crippen LogP contribution is 2.28. The van der Waals surface area contributed by atoms with Gasteiger partial charge in [-0.2, -0.15) is 17.6 Å². The van der Waals surface area contributed by atoms with E-state index in [1.807, 2.05) is 0 Å². The van der Waals surface area contributed by atoms with Crippen LogP contribution in [0.2, 0.25) is 5.02 Å². The average molecular weight is 393 g/mol. The van der Waals surface area contributed by atoms with Crippen molar-refractivity contribution in [1.29, 1.82) is 0 Å². The molecule has 2 rings (SSSR count). The lowest BCUT2D eigenvalue weighted by atomic mass is 10.2. The van der Waals surface area contributed by atoms with Crippen LogP contribution in [0.3, 0.4) is 0 Å². The number of benzene rings is 2. The molecule has 0 saturated carbocycles. The number of amides is 1. The van der Waals surface area contributed by atoms with Crippen LogP contribution < -0.4 is 10.1 Å². The Hall–Kier alpha value is -2.88. The topological polar surface area (TPSA) is 81.5 Å². The molecular formula is C15H9ClF4N2O4. The first kappa shape index (κ1) is 19.4. The van der Waals surface area contributed by atoms with E-state index in [0.29, 0.717) is 0 Å². The lowest BCUT2D eigenvalue weighted by Crippen LogP contribution is -2.33. The number of ether oxygens (including phenoxy) is 1. The molecule has 0 atom stereocenters. The minimum atomic E-state index is -4.65. The summed E-state index contributed by atoms with van der Waals surface area (Å²) in [5.74, 6) is -1.33. The summed E-state index contributed by atoms with van der Waals surface area (Å²) in [5, 5.41) is 13.1. The third-order valence-electron chi connectivity index (χ3n) is 3.03. The second kappa shape index (κ2) is 7.56. The number of anilines is 1. The number of halogens is 5. The van der Waals surface area contributed by atoms with Crippen molar-refractivity contribution in [3.05, 3.63) is 63.2 Å². The molecule has 0 aliphatic rings. The number of non-ortho nitro benzene ring substituents is 1. The first-order valence-electron chi connectivity index (χ1n) is 6.80. The third kappa shape index (κ3) is 4.60. The van der Waals surface area contributed by atoms with Crippen LogP contribution in [0.1, 0.15) is 10.4 Å². The molecule has 0 unspecified atom stereocenters. The smallest absolute Gasteiger partial charge is 0.428 e. The number of hydrogen-bond donors (Lipinski definition) is 1. The van der Waals surface area contributed by atoms with Crippen molar-refractivity contribution in [1.82, 2.24) is 0 Å². The van der Waals surface area contributed by atoms with Crippen LogP contribution in [0.5, 0.6) is 5.75 Å². The first-order valence-corrected chi connectivity index (χ1v) is 7.18. The fourth-order valence-electron chi connectivity index (χ4n) is 1.81. The highest BCUT2D eigenvalue weighted by atomic mass is 35.5. The van der Waals surface area contributed by atoms with Gasteiger partial charge >= 0.3 is 12.5 Å². The number of nitrogens with zero attached hydrogens (tertiary/aromatic N) is 1. The van der Waals surface area contributed by atoms with E-state index in [0.717, 1.165) is 36.4 Å². The third-order valence-corrected chi connectivity index (χ3v) is 3.36. The number of nitro benzene ring substituents is 1. The van der Waals surface area contributed by atoms with E-state index in [1.54, 1.807) is 0 Å². The van der Waals surface area contributed by atoms with Crippen molar-refractivity contribution in [2.45, 2.75) is 12.5 Å². The van der Waals surface area contributed by atoms with Crippen molar-refractivity contribution in [2.24, 2.45) is 0 Å². The van der Waals surface area contributed by atoms with Gasteiger partial charge in [0.2, 0.25) is 0 Å². The number of carbonyl (C=O) groups is 1. The Morgan fingerprint density at radius 3 is 2.35 bits per heavy atom. The fourth-order valence-corrected chi connectivity index (χ4v) is 2.01. The summed E-state index contributed by atoms with van der Waals surface area (Å²) in [6, 6.07) is 7.41. The van der Waals surface area contributed by atoms with Gasteiger partial charge in [0, 0.05) is 17.8 Å². The Morgan fingerprint density at radius 2 is 1.81 bits per heavy atom. The molecule has 6 nitrogen and oxygen atoms in total. The van der Waals surface area contributed by atoms with Crippen LogP contribution in [-0.2, 0) is 0 Å². The molecule has 0 spiro atoms. The van der Waals surface area contributed by atoms with E-state index in [9.17, 15) is 32.5 Å². The summed E-state index contributed by atoms with van der Waals surface area (Å²) < 4.78 is 53.6. The lowest BCUT2D eigenvalue weighted by Gasteiger charge is -2.17. The van der Waals surface area contributed by atoms with Gasteiger partial charge in [-0.05, 0) is 30.3 Å². The van der Waals surface area contributed by atoms with Gasteiger partial charge in [-0.15, -0.1) is 0 Å². The number of rotatable bonds is 6. The van der Waals surface area contributed by atoms with Gasteiger partial charge in [0.05, 0.1) is 15.5 Å². The van der Waals surface area contributed by atoms with E-state index in [2.05, 4.69) is 10.1 Å². The molecule has 11 heteroatoms. The maximum atomic E-state index is 12.8. The van der Waals surface area contributed by atoms with E-state index in [4.69, 9.17) is 11.6 Å². The van der Waals surface area contributed by atoms with Gasteiger partial charge in [-0.1, -0.05) is 11.6 Å². The second-order valence-electron chi connectivity index (χ2n) is 4.86. The predicted octanol–water partition coefficient (Wildman–Crippen LogP) is 4.74. The zero-order valence-electron chi connectivity index (χ0n) is 12.6. The first-order chi connectivity index (χ1) is 12.1. The molecule has 1 amide bonds. The molecule has 0 fully saturated rings. The largest absolute Gasteiger partial charge is 0.461 e. The van der Waals surface area contributed by atoms with Crippen LogP contribution in [-0.4, -0.2) is 23.4 Å². The van der Waals surface area contributed by atoms with Crippen molar-refractivity contribution >= 4 is 28.9 Å². The van der Waals surface area contributed by atoms with Crippen LogP contribution in [0, 0.1) is 10.1 Å². The molecule has 0 saturated heterocycles. The van der Waals surface area contributed by atoms with E-state index >= 15 is 0 Å². The van der Waals surface area contributed by atoms with Crippen molar-refractivity contribution in [3.8, 4) is 5.75 Å². The van der Waals surface area contributed by atoms with Crippen LogP contribution in [0.4, 0.5) is 28.9 Å². The van der Waals surface area contributed by atoms with Gasteiger partial charge in [-0.25, -0.2) is 0 Å². The number of nitro groups is 1. The molecule has 0 bridgehead atoms. The minimum Gasteiger partial charge on any atom is -0.428 e. The summed E-state index contributed by atoms with van der Waals surface area (Å²) >= 11 is 5.83. The van der Waals surface area contributed by atoms with Crippen molar-refractivity contribution in [2.75, 3.05) is 5.32 Å². The van der Waals surface area contributed by atoms with Crippen LogP contribution in [0.25, 0.3) is 0 Å². The van der Waals surface area contributed by atoms with Crippen molar-refractivity contribution < 1.29 is 32.0 Å². The maximum Gasteiger partial charge on any atom is 0.461 e. The molecule has 0 radical (unpaired) electrons. The summed E-state index contributed by atoms with van der Waals surface area (Å²) in [6.07, 6.45) is -8.65. The second-order valence-corrected chi connectivity index (χ2v) is 5.27. The molecule has 1 N–H and O–H groups in total. The van der Waals surface area contributed by atoms with Gasteiger partial charge in [0.15, 0.2) is 0 Å². The Labute approximate surface area is 148 Å². The monoisotopic (exact) mass is 392 g/mol. The minimum absolute atomic E-state index is 0.0374. The molecule has 0 aliphatic heterocycles. The Bertz CT molecular complexity index is 831. The number of carbonyl (C=O) groups excluding carboxylic acids is 1. The van der Waals surface area contributed by atoms with Gasteiger partial charge in [0.25, 0.3) is 11.6 Å². The van der Waals surface area contributed by atoms with Gasteiger partial charge < -0.3 is 10.1 Å². The molecule has 2 aromatic carbocycles. The SMILES string of the molecule is O=C(Nc1ccc(OC(F)(F)C(F)F)cc1)c1cc([N+](=O)[O-])ccc1Cl. The molecule has 0 heterocycles. The Kier molecular flexibility index (Phi) is 5.66. The summed E-state index contributed by atoms with van der Waals surface area (Å²) in [6.45, 7) is 0. The molecule has 2 aromatic rings. The standard InChI is InChI=1S/C15H9ClF4N2O4/c16-12-6-3-9(22(24)25)7-11(12)13(23)21-8-1-4-10(5-2-8)26-15(19,20)14(17)18/h1-7,14H,(H,21,23). The van der Waals surface area contributed by atoms with E-state index < -0.39 is 29.1 Å². The highest BCUT2D eigenvalue weighted by Gasteiger charge is 2.43. The summed E-state index contributed by atoms with van der Waals surface area (Å²) in [4.78, 5) is 22.2. The predicted molar refractivity (Wildman–Crippen MR) is 84.1 cm³/mol. The number of nitrogens with one attached hydrogen (secondary N) is 1. The maximum absolute atomic E-state index is 12.8. The molecule has 0 aliphatic carbocycles. The summed E-state index contributed by atoms with van der Waals surface area (Å²) in [5.41, 5.74) is -0.423. The Balaban J connectivity index is 2.13. The normalized spacial score (nSPS) is 11.3.